The number of thiazole rings is 1. The van der Waals surface area contributed by atoms with E-state index >= 15 is 0 Å². The SMILES string of the molecule is CC1(C)OB(c2ccc3nc(Nc4cccc(NC5CCC(O)CC5)n4)sc3c2)OC1(C)C. The molecule has 1 aliphatic carbocycles. The molecule has 0 atom stereocenters. The summed E-state index contributed by atoms with van der Waals surface area (Å²) in [5.74, 6) is 1.59. The average Bonchev–Trinajstić information content (AvgIpc) is 3.25. The number of nitrogens with one attached hydrogen (secondary N) is 2. The zero-order valence-corrected chi connectivity index (χ0v) is 20.4. The van der Waals surface area contributed by atoms with E-state index in [0.717, 1.165) is 58.1 Å². The fraction of sp³-hybridized carbons (Fsp3) is 0.500. The molecular weight excluding hydrogens is 435 g/mol. The summed E-state index contributed by atoms with van der Waals surface area (Å²) in [6.45, 7) is 8.25. The van der Waals surface area contributed by atoms with Crippen molar-refractivity contribution in [2.24, 2.45) is 0 Å². The van der Waals surface area contributed by atoms with Crippen LogP contribution < -0.4 is 16.1 Å². The van der Waals surface area contributed by atoms with Crippen LogP contribution in [-0.4, -0.2) is 45.5 Å². The van der Waals surface area contributed by atoms with Gasteiger partial charge in [-0.05, 0) is 83.1 Å². The minimum Gasteiger partial charge on any atom is -0.399 e. The monoisotopic (exact) mass is 466 g/mol. The molecule has 2 aromatic heterocycles. The quantitative estimate of drug-likeness (QED) is 0.479. The van der Waals surface area contributed by atoms with Gasteiger partial charge >= 0.3 is 7.12 Å². The highest BCUT2D eigenvalue weighted by Gasteiger charge is 2.51. The van der Waals surface area contributed by atoms with Crippen LogP contribution in [0.3, 0.4) is 0 Å². The molecule has 0 spiro atoms. The van der Waals surface area contributed by atoms with E-state index in [0.29, 0.717) is 6.04 Å². The van der Waals surface area contributed by atoms with E-state index in [1.54, 1.807) is 11.3 Å². The van der Waals surface area contributed by atoms with E-state index in [4.69, 9.17) is 19.3 Å². The van der Waals surface area contributed by atoms with Gasteiger partial charge in [0.05, 0.1) is 27.5 Å². The number of hydrogen-bond donors (Lipinski definition) is 3. The van der Waals surface area contributed by atoms with Gasteiger partial charge in [-0.3, -0.25) is 0 Å². The summed E-state index contributed by atoms with van der Waals surface area (Å²) in [6.07, 6.45) is 3.45. The third-order valence-electron chi connectivity index (χ3n) is 6.97. The second-order valence-electron chi connectivity index (χ2n) is 10.0. The highest BCUT2D eigenvalue weighted by Crippen LogP contribution is 2.37. The topological polar surface area (TPSA) is 88.5 Å². The van der Waals surface area contributed by atoms with Crippen LogP contribution in [0, 0.1) is 0 Å². The summed E-state index contributed by atoms with van der Waals surface area (Å²) in [4.78, 5) is 9.43. The van der Waals surface area contributed by atoms with Crippen molar-refractivity contribution >= 4 is 50.9 Å². The van der Waals surface area contributed by atoms with E-state index in [1.165, 1.54) is 0 Å². The Morgan fingerprint density at radius 3 is 2.39 bits per heavy atom. The van der Waals surface area contributed by atoms with E-state index in [9.17, 15) is 5.11 Å². The lowest BCUT2D eigenvalue weighted by atomic mass is 9.79. The number of aliphatic hydroxyl groups excluding tert-OH is 1. The molecule has 5 rings (SSSR count). The summed E-state index contributed by atoms with van der Waals surface area (Å²) in [6, 6.07) is 12.4. The number of aliphatic hydroxyl groups is 1. The smallest absolute Gasteiger partial charge is 0.399 e. The Morgan fingerprint density at radius 1 is 0.970 bits per heavy atom. The molecular formula is C24H31BN4O3S. The van der Waals surface area contributed by atoms with Crippen LogP contribution in [0.4, 0.5) is 16.8 Å². The lowest BCUT2D eigenvalue weighted by molar-refractivity contribution is 0.00578. The molecule has 0 unspecified atom stereocenters. The maximum Gasteiger partial charge on any atom is 0.494 e. The third-order valence-corrected chi connectivity index (χ3v) is 7.90. The summed E-state index contributed by atoms with van der Waals surface area (Å²) in [5, 5.41) is 17.4. The first kappa shape index (κ1) is 22.6. The normalized spacial score (nSPS) is 24.2. The van der Waals surface area contributed by atoms with Gasteiger partial charge < -0.3 is 25.0 Å². The van der Waals surface area contributed by atoms with E-state index in [-0.39, 0.29) is 24.4 Å². The Labute approximate surface area is 199 Å². The van der Waals surface area contributed by atoms with Crippen LogP contribution in [-0.2, 0) is 9.31 Å². The van der Waals surface area contributed by atoms with Gasteiger partial charge in [0, 0.05) is 6.04 Å². The van der Waals surface area contributed by atoms with Gasteiger partial charge in [0.1, 0.15) is 11.6 Å². The average molecular weight is 466 g/mol. The molecule has 33 heavy (non-hydrogen) atoms. The third kappa shape index (κ3) is 4.73. The summed E-state index contributed by atoms with van der Waals surface area (Å²) < 4.78 is 13.5. The van der Waals surface area contributed by atoms with Gasteiger partial charge in [-0.2, -0.15) is 0 Å². The fourth-order valence-corrected chi connectivity index (χ4v) is 5.17. The van der Waals surface area contributed by atoms with Gasteiger partial charge in [0.2, 0.25) is 0 Å². The van der Waals surface area contributed by atoms with Crippen molar-refractivity contribution in [2.45, 2.75) is 76.7 Å². The Bertz CT molecular complexity index is 1130. The highest BCUT2D eigenvalue weighted by molar-refractivity contribution is 7.22. The Kier molecular flexibility index (Phi) is 5.85. The molecule has 1 aliphatic heterocycles. The zero-order valence-electron chi connectivity index (χ0n) is 19.6. The molecule has 7 nitrogen and oxygen atoms in total. The van der Waals surface area contributed by atoms with E-state index in [2.05, 4.69) is 44.4 Å². The molecule has 2 aliphatic rings. The zero-order chi connectivity index (χ0) is 23.2. The maximum atomic E-state index is 9.71. The molecule has 1 saturated carbocycles. The van der Waals surface area contributed by atoms with Crippen LogP contribution in [0.15, 0.2) is 36.4 Å². The Hall–Kier alpha value is -2.20. The number of pyridine rings is 1. The number of rotatable bonds is 5. The van der Waals surface area contributed by atoms with Crippen molar-refractivity contribution in [2.75, 3.05) is 10.6 Å². The second kappa shape index (κ2) is 8.54. The summed E-state index contributed by atoms with van der Waals surface area (Å²) in [5.41, 5.74) is 1.20. The van der Waals surface area contributed by atoms with Crippen LogP contribution in [0.25, 0.3) is 10.2 Å². The van der Waals surface area contributed by atoms with Crippen molar-refractivity contribution in [3.63, 3.8) is 0 Å². The lowest BCUT2D eigenvalue weighted by Crippen LogP contribution is -2.41. The number of nitrogens with zero attached hydrogens (tertiary/aromatic N) is 2. The van der Waals surface area contributed by atoms with Crippen molar-refractivity contribution in [1.82, 2.24) is 9.97 Å². The molecule has 3 aromatic rings. The van der Waals surface area contributed by atoms with Crippen molar-refractivity contribution in [1.29, 1.82) is 0 Å². The molecule has 0 amide bonds. The molecule has 2 fully saturated rings. The minimum absolute atomic E-state index is 0.159. The first-order valence-electron chi connectivity index (χ1n) is 11.6. The van der Waals surface area contributed by atoms with Gasteiger partial charge in [-0.25, -0.2) is 9.97 Å². The molecule has 0 bridgehead atoms. The van der Waals surface area contributed by atoms with E-state index in [1.807, 2.05) is 30.3 Å². The number of fused-ring (bicyclic) bond motifs is 1. The molecule has 1 saturated heterocycles. The van der Waals surface area contributed by atoms with Gasteiger partial charge in [-0.1, -0.05) is 23.5 Å². The minimum atomic E-state index is -0.386. The molecule has 1 aromatic carbocycles. The number of hydrogen-bond acceptors (Lipinski definition) is 8. The fourth-order valence-electron chi connectivity index (χ4n) is 4.24. The molecule has 174 valence electrons. The number of benzene rings is 1. The maximum absolute atomic E-state index is 9.71. The van der Waals surface area contributed by atoms with Gasteiger partial charge in [-0.15, -0.1) is 0 Å². The van der Waals surface area contributed by atoms with E-state index < -0.39 is 0 Å². The number of anilines is 3. The van der Waals surface area contributed by atoms with Gasteiger partial charge in [0.25, 0.3) is 0 Å². The molecule has 0 radical (unpaired) electrons. The summed E-state index contributed by atoms with van der Waals surface area (Å²) in [7, 11) is -0.386. The highest BCUT2D eigenvalue weighted by atomic mass is 32.1. The Morgan fingerprint density at radius 2 is 1.67 bits per heavy atom. The van der Waals surface area contributed by atoms with Crippen molar-refractivity contribution < 1.29 is 14.4 Å². The number of aromatic nitrogens is 2. The summed E-state index contributed by atoms with van der Waals surface area (Å²) >= 11 is 1.59. The van der Waals surface area contributed by atoms with Gasteiger partial charge in [0.15, 0.2) is 5.13 Å². The van der Waals surface area contributed by atoms with Crippen LogP contribution in [0.5, 0.6) is 0 Å². The molecule has 3 N–H and O–H groups in total. The molecule has 3 heterocycles. The lowest BCUT2D eigenvalue weighted by Gasteiger charge is -2.32. The first-order chi connectivity index (χ1) is 15.7. The van der Waals surface area contributed by atoms with Crippen molar-refractivity contribution in [3.8, 4) is 0 Å². The predicted octanol–water partition coefficient (Wildman–Crippen LogP) is 4.45. The van der Waals surface area contributed by atoms with Crippen LogP contribution in [0.1, 0.15) is 53.4 Å². The molecule has 9 heteroatoms. The standard InChI is InChI=1S/C24H31BN4O3S/c1-23(2)24(3,4)32-25(31-23)15-8-13-18-19(14-15)33-22(27-18)29-21-7-5-6-20(28-21)26-16-9-11-17(30)12-10-16/h5-8,13-14,16-17,30H,9-12H2,1-4H3,(H2,26,27,28,29). The first-order valence-corrected chi connectivity index (χ1v) is 12.4. The second-order valence-corrected chi connectivity index (χ2v) is 11.0. The Balaban J connectivity index is 1.29. The van der Waals surface area contributed by atoms with Crippen molar-refractivity contribution in [3.05, 3.63) is 36.4 Å². The largest absolute Gasteiger partial charge is 0.494 e. The van der Waals surface area contributed by atoms with Crippen LogP contribution >= 0.6 is 11.3 Å². The predicted molar refractivity (Wildman–Crippen MR) is 135 cm³/mol. The van der Waals surface area contributed by atoms with Crippen LogP contribution in [0.2, 0.25) is 0 Å².